The molecule has 0 saturated carbocycles. The van der Waals surface area contributed by atoms with E-state index in [4.69, 9.17) is 21.6 Å². The maximum Gasteiger partial charge on any atom is 0.228 e. The zero-order valence-corrected chi connectivity index (χ0v) is 21.1. The van der Waals surface area contributed by atoms with Crippen LogP contribution in [0.2, 0.25) is 5.02 Å². The quantitative estimate of drug-likeness (QED) is 0.432. The molecule has 0 atom stereocenters. The number of piperazine rings is 1. The second-order valence-corrected chi connectivity index (χ2v) is 10.2. The molecule has 7 nitrogen and oxygen atoms in total. The highest BCUT2D eigenvalue weighted by Crippen LogP contribution is 2.42. The van der Waals surface area contributed by atoms with E-state index in [0.29, 0.717) is 28.8 Å². The number of fused-ring (bicyclic) bond motifs is 2. The number of benzene rings is 3. The molecular weight excluding hydrogens is 479 g/mol. The largest absolute Gasteiger partial charge is 0.508 e. The van der Waals surface area contributed by atoms with Crippen LogP contribution in [0.3, 0.4) is 0 Å². The first-order valence-corrected chi connectivity index (χ1v) is 12.6. The minimum atomic E-state index is -0.502. The summed E-state index contributed by atoms with van der Waals surface area (Å²) in [6, 6.07) is 13.0. The van der Waals surface area contributed by atoms with Crippen molar-refractivity contribution in [2.24, 2.45) is 0 Å². The summed E-state index contributed by atoms with van der Waals surface area (Å²) in [5, 5.41) is 16.2. The molecule has 9 heteroatoms. The number of aromatic hydroxyl groups is 1. The molecule has 2 fully saturated rings. The molecule has 2 saturated heterocycles. The van der Waals surface area contributed by atoms with Crippen molar-refractivity contribution in [2.75, 3.05) is 63.2 Å². The van der Waals surface area contributed by atoms with Crippen LogP contribution < -0.4 is 15.1 Å². The molecule has 0 bridgehead atoms. The standard InChI is InChI=1S/C27H28ClFN6O/c1-33(2)17-14-35(15-17)27-31-25-21(26(32-27)34-9-7-30-8-10-34)13-22(28)23(24(25)29)20-12-18(36)11-16-5-3-4-6-19(16)20/h3-6,11-13,17,30,36H,7-10,14-15H2,1-2H3. The Morgan fingerprint density at radius 3 is 2.53 bits per heavy atom. The molecule has 3 heterocycles. The highest BCUT2D eigenvalue weighted by molar-refractivity contribution is 6.35. The van der Waals surface area contributed by atoms with Gasteiger partial charge in [-0.1, -0.05) is 35.9 Å². The minimum Gasteiger partial charge on any atom is -0.508 e. The summed E-state index contributed by atoms with van der Waals surface area (Å²) >= 11 is 6.78. The fraction of sp³-hybridized carbons (Fsp3) is 0.333. The Hall–Kier alpha value is -3.20. The smallest absolute Gasteiger partial charge is 0.228 e. The Labute approximate surface area is 214 Å². The van der Waals surface area contributed by atoms with E-state index in [-0.39, 0.29) is 21.9 Å². The number of halogens is 2. The van der Waals surface area contributed by atoms with Gasteiger partial charge in [-0.25, -0.2) is 9.37 Å². The van der Waals surface area contributed by atoms with Gasteiger partial charge in [-0.15, -0.1) is 0 Å². The Morgan fingerprint density at radius 2 is 1.78 bits per heavy atom. The molecule has 4 aromatic rings. The fourth-order valence-corrected chi connectivity index (χ4v) is 5.42. The van der Waals surface area contributed by atoms with Gasteiger partial charge in [0.05, 0.1) is 5.02 Å². The average molecular weight is 507 g/mol. The number of hydrogen-bond donors (Lipinski definition) is 2. The molecule has 0 aliphatic carbocycles. The van der Waals surface area contributed by atoms with Crippen molar-refractivity contribution in [3.8, 4) is 16.9 Å². The molecule has 2 aliphatic heterocycles. The molecule has 2 N–H and O–H groups in total. The Morgan fingerprint density at radius 1 is 1.03 bits per heavy atom. The highest BCUT2D eigenvalue weighted by Gasteiger charge is 2.32. The summed E-state index contributed by atoms with van der Waals surface area (Å²) in [4.78, 5) is 16.1. The predicted molar refractivity (Wildman–Crippen MR) is 144 cm³/mol. The third-order valence-electron chi connectivity index (χ3n) is 7.26. The maximum atomic E-state index is 16.5. The van der Waals surface area contributed by atoms with Crippen LogP contribution in [-0.2, 0) is 0 Å². The first kappa shape index (κ1) is 23.2. The lowest BCUT2D eigenvalue weighted by Gasteiger charge is -2.43. The van der Waals surface area contributed by atoms with Crippen molar-refractivity contribution < 1.29 is 9.50 Å². The van der Waals surface area contributed by atoms with Crippen LogP contribution in [0.4, 0.5) is 16.2 Å². The molecule has 3 aromatic carbocycles. The molecule has 0 amide bonds. The molecule has 6 rings (SSSR count). The molecule has 1 aromatic heterocycles. The molecule has 186 valence electrons. The van der Waals surface area contributed by atoms with Crippen LogP contribution in [0.25, 0.3) is 32.8 Å². The van der Waals surface area contributed by atoms with Gasteiger partial charge in [0.15, 0.2) is 5.82 Å². The van der Waals surface area contributed by atoms with Gasteiger partial charge in [0.2, 0.25) is 5.95 Å². The van der Waals surface area contributed by atoms with Crippen molar-refractivity contribution in [2.45, 2.75) is 6.04 Å². The average Bonchev–Trinajstić information content (AvgIpc) is 2.83. The Bertz CT molecular complexity index is 1470. The van der Waals surface area contributed by atoms with E-state index in [1.165, 1.54) is 0 Å². The number of nitrogens with one attached hydrogen (secondary N) is 1. The third-order valence-corrected chi connectivity index (χ3v) is 7.56. The third kappa shape index (κ3) is 3.89. The van der Waals surface area contributed by atoms with Crippen LogP contribution in [0, 0.1) is 5.82 Å². The molecule has 0 radical (unpaired) electrons. The van der Waals surface area contributed by atoms with Gasteiger partial charge in [-0.05, 0) is 48.6 Å². The molecule has 2 aliphatic rings. The topological polar surface area (TPSA) is 67.8 Å². The van der Waals surface area contributed by atoms with Gasteiger partial charge < -0.3 is 25.1 Å². The number of rotatable bonds is 4. The minimum absolute atomic E-state index is 0.0550. The van der Waals surface area contributed by atoms with Gasteiger partial charge in [-0.3, -0.25) is 0 Å². The summed E-state index contributed by atoms with van der Waals surface area (Å²) in [7, 11) is 4.12. The first-order chi connectivity index (χ1) is 17.4. The summed E-state index contributed by atoms with van der Waals surface area (Å²) in [6.07, 6.45) is 0. The predicted octanol–water partition coefficient (Wildman–Crippen LogP) is 4.11. The lowest BCUT2D eigenvalue weighted by Crippen LogP contribution is -2.58. The van der Waals surface area contributed by atoms with Gasteiger partial charge >= 0.3 is 0 Å². The summed E-state index contributed by atoms with van der Waals surface area (Å²) in [6.45, 7) is 4.78. The van der Waals surface area contributed by atoms with E-state index in [1.807, 2.05) is 24.3 Å². The maximum absolute atomic E-state index is 16.5. The van der Waals surface area contributed by atoms with Crippen LogP contribution >= 0.6 is 11.6 Å². The van der Waals surface area contributed by atoms with Crippen molar-refractivity contribution >= 4 is 45.0 Å². The van der Waals surface area contributed by atoms with Crippen molar-refractivity contribution in [1.82, 2.24) is 20.2 Å². The van der Waals surface area contributed by atoms with E-state index in [9.17, 15) is 5.11 Å². The van der Waals surface area contributed by atoms with Gasteiger partial charge in [0.25, 0.3) is 0 Å². The molecular formula is C27H28ClFN6O. The van der Waals surface area contributed by atoms with Gasteiger partial charge in [-0.2, -0.15) is 4.98 Å². The zero-order valence-electron chi connectivity index (χ0n) is 20.3. The molecule has 36 heavy (non-hydrogen) atoms. The number of anilines is 2. The number of hydrogen-bond acceptors (Lipinski definition) is 7. The molecule has 0 unspecified atom stereocenters. The lowest BCUT2D eigenvalue weighted by molar-refractivity contribution is 0.245. The first-order valence-electron chi connectivity index (χ1n) is 12.2. The zero-order chi connectivity index (χ0) is 25.0. The normalized spacial score (nSPS) is 16.8. The number of likely N-dealkylation sites (N-methyl/N-ethyl adjacent to an activating group) is 1. The monoisotopic (exact) mass is 506 g/mol. The van der Waals surface area contributed by atoms with Crippen molar-refractivity contribution in [1.29, 1.82) is 0 Å². The van der Waals surface area contributed by atoms with E-state index in [0.717, 1.165) is 50.0 Å². The lowest BCUT2D eigenvalue weighted by atomic mass is 9.96. The highest BCUT2D eigenvalue weighted by atomic mass is 35.5. The van der Waals surface area contributed by atoms with Gasteiger partial charge in [0.1, 0.15) is 17.1 Å². The van der Waals surface area contributed by atoms with E-state index in [2.05, 4.69) is 34.1 Å². The fourth-order valence-electron chi connectivity index (χ4n) is 5.12. The second kappa shape index (κ2) is 9.03. The number of aromatic nitrogens is 2. The van der Waals surface area contributed by atoms with Crippen LogP contribution in [-0.4, -0.2) is 79.4 Å². The van der Waals surface area contributed by atoms with E-state index in [1.54, 1.807) is 18.2 Å². The Balaban J connectivity index is 1.57. The van der Waals surface area contributed by atoms with E-state index < -0.39 is 5.82 Å². The van der Waals surface area contributed by atoms with Crippen LogP contribution in [0.5, 0.6) is 5.75 Å². The van der Waals surface area contributed by atoms with Gasteiger partial charge in [0, 0.05) is 56.3 Å². The summed E-state index contributed by atoms with van der Waals surface area (Å²) in [5.74, 6) is 0.789. The Kier molecular flexibility index (Phi) is 5.82. The van der Waals surface area contributed by atoms with Crippen molar-refractivity contribution in [3.63, 3.8) is 0 Å². The molecule has 0 spiro atoms. The number of nitrogens with zero attached hydrogens (tertiary/aromatic N) is 5. The van der Waals surface area contributed by atoms with Crippen LogP contribution in [0.1, 0.15) is 0 Å². The second-order valence-electron chi connectivity index (χ2n) is 9.76. The SMILES string of the molecule is CN(C)C1CN(c2nc(N3CCNCC3)c3cc(Cl)c(-c4cc(O)cc5ccccc45)c(F)c3n2)C1. The summed E-state index contributed by atoms with van der Waals surface area (Å²) in [5.41, 5.74) is 1.02. The van der Waals surface area contributed by atoms with E-state index >= 15 is 4.39 Å². The van der Waals surface area contributed by atoms with Crippen LogP contribution in [0.15, 0.2) is 42.5 Å². The van der Waals surface area contributed by atoms with Crippen molar-refractivity contribution in [3.05, 3.63) is 53.3 Å². The number of phenols is 1. The number of phenolic OH excluding ortho intramolecular Hbond substituents is 1. The summed E-state index contributed by atoms with van der Waals surface area (Å²) < 4.78 is 16.5.